The van der Waals surface area contributed by atoms with Crippen molar-refractivity contribution < 1.29 is 4.39 Å². The SMILES string of the molecule is CNCCN(C)C1CCc2c(F)cccc21. The van der Waals surface area contributed by atoms with Crippen LogP contribution in [0, 0.1) is 5.82 Å². The third-order valence-electron chi connectivity index (χ3n) is 3.43. The Bertz CT molecular complexity index is 365. The Morgan fingerprint density at radius 1 is 1.50 bits per heavy atom. The Morgan fingerprint density at radius 3 is 3.06 bits per heavy atom. The van der Waals surface area contributed by atoms with E-state index in [1.165, 1.54) is 5.56 Å². The fourth-order valence-electron chi connectivity index (χ4n) is 2.49. The summed E-state index contributed by atoms with van der Waals surface area (Å²) in [5.41, 5.74) is 2.10. The smallest absolute Gasteiger partial charge is 0.126 e. The van der Waals surface area contributed by atoms with Gasteiger partial charge in [0.1, 0.15) is 5.82 Å². The van der Waals surface area contributed by atoms with Gasteiger partial charge in [0.25, 0.3) is 0 Å². The lowest BCUT2D eigenvalue weighted by Crippen LogP contribution is -2.30. The van der Waals surface area contributed by atoms with E-state index >= 15 is 0 Å². The molecule has 1 aromatic rings. The summed E-state index contributed by atoms with van der Waals surface area (Å²) >= 11 is 0. The van der Waals surface area contributed by atoms with Crippen molar-refractivity contribution in [2.75, 3.05) is 27.2 Å². The van der Waals surface area contributed by atoms with Crippen LogP contribution in [0.2, 0.25) is 0 Å². The van der Waals surface area contributed by atoms with E-state index in [4.69, 9.17) is 0 Å². The molecule has 0 radical (unpaired) electrons. The predicted molar refractivity (Wildman–Crippen MR) is 64.0 cm³/mol. The van der Waals surface area contributed by atoms with E-state index in [9.17, 15) is 4.39 Å². The number of nitrogens with one attached hydrogen (secondary N) is 1. The fourth-order valence-corrected chi connectivity index (χ4v) is 2.49. The fraction of sp³-hybridized carbons (Fsp3) is 0.538. The highest BCUT2D eigenvalue weighted by molar-refractivity contribution is 5.35. The van der Waals surface area contributed by atoms with E-state index in [1.807, 2.05) is 13.1 Å². The standard InChI is InChI=1S/C13H19FN2/c1-15-8-9-16(2)13-7-6-10-11(13)4-3-5-12(10)14/h3-5,13,15H,6-9H2,1-2H3. The van der Waals surface area contributed by atoms with E-state index in [0.29, 0.717) is 6.04 Å². The van der Waals surface area contributed by atoms with E-state index in [-0.39, 0.29) is 5.82 Å². The first kappa shape index (κ1) is 11.6. The number of hydrogen-bond acceptors (Lipinski definition) is 2. The lowest BCUT2D eigenvalue weighted by Gasteiger charge is -2.25. The zero-order chi connectivity index (χ0) is 11.5. The minimum absolute atomic E-state index is 0.0398. The third-order valence-corrected chi connectivity index (χ3v) is 3.43. The Morgan fingerprint density at radius 2 is 2.31 bits per heavy atom. The average Bonchev–Trinajstić information content (AvgIpc) is 2.71. The van der Waals surface area contributed by atoms with Crippen molar-refractivity contribution in [1.29, 1.82) is 0 Å². The maximum atomic E-state index is 13.5. The zero-order valence-corrected chi connectivity index (χ0v) is 9.96. The minimum Gasteiger partial charge on any atom is -0.318 e. The quantitative estimate of drug-likeness (QED) is 0.838. The molecule has 16 heavy (non-hydrogen) atoms. The summed E-state index contributed by atoms with van der Waals surface area (Å²) in [6.07, 6.45) is 1.91. The Hall–Kier alpha value is -0.930. The number of fused-ring (bicyclic) bond motifs is 1. The average molecular weight is 222 g/mol. The molecule has 0 fully saturated rings. The van der Waals surface area contributed by atoms with Gasteiger partial charge in [0.2, 0.25) is 0 Å². The molecular formula is C13H19FN2. The van der Waals surface area contributed by atoms with Crippen LogP contribution in [0.3, 0.4) is 0 Å². The largest absolute Gasteiger partial charge is 0.318 e. The second kappa shape index (κ2) is 4.93. The molecule has 0 bridgehead atoms. The minimum atomic E-state index is -0.0398. The molecule has 0 saturated heterocycles. The lowest BCUT2D eigenvalue weighted by atomic mass is 10.1. The van der Waals surface area contributed by atoms with Crippen LogP contribution in [0.5, 0.6) is 0 Å². The molecular weight excluding hydrogens is 203 g/mol. The number of nitrogens with zero attached hydrogens (tertiary/aromatic N) is 1. The molecule has 3 heteroatoms. The second-order valence-corrected chi connectivity index (χ2v) is 4.45. The van der Waals surface area contributed by atoms with Crippen molar-refractivity contribution in [3.63, 3.8) is 0 Å². The van der Waals surface area contributed by atoms with Gasteiger partial charge in [0.15, 0.2) is 0 Å². The first-order chi connectivity index (χ1) is 7.74. The predicted octanol–water partition coefficient (Wildman–Crippen LogP) is 1.96. The van der Waals surface area contributed by atoms with E-state index < -0.39 is 0 Å². The maximum absolute atomic E-state index is 13.5. The highest BCUT2D eigenvalue weighted by atomic mass is 19.1. The third kappa shape index (κ3) is 2.11. The Labute approximate surface area is 96.5 Å². The van der Waals surface area contributed by atoms with Gasteiger partial charge in [-0.2, -0.15) is 0 Å². The summed E-state index contributed by atoms with van der Waals surface area (Å²) in [4.78, 5) is 2.31. The molecule has 1 N–H and O–H groups in total. The summed E-state index contributed by atoms with van der Waals surface area (Å²) in [6, 6.07) is 5.83. The van der Waals surface area contributed by atoms with Crippen LogP contribution in [0.1, 0.15) is 23.6 Å². The van der Waals surface area contributed by atoms with Crippen LogP contribution in [0.25, 0.3) is 0 Å². The number of likely N-dealkylation sites (N-methyl/N-ethyl adjacent to an activating group) is 2. The monoisotopic (exact) mass is 222 g/mol. The molecule has 0 heterocycles. The highest BCUT2D eigenvalue weighted by Gasteiger charge is 2.27. The molecule has 1 aliphatic carbocycles. The van der Waals surface area contributed by atoms with Gasteiger partial charge in [-0.05, 0) is 44.1 Å². The molecule has 2 rings (SSSR count). The normalized spacial score (nSPS) is 19.1. The van der Waals surface area contributed by atoms with E-state index in [2.05, 4.69) is 23.3 Å². The molecule has 2 nitrogen and oxygen atoms in total. The van der Waals surface area contributed by atoms with Crippen LogP contribution in [0.15, 0.2) is 18.2 Å². The van der Waals surface area contributed by atoms with Crippen molar-refractivity contribution in [3.8, 4) is 0 Å². The molecule has 1 aromatic carbocycles. The van der Waals surface area contributed by atoms with Gasteiger partial charge in [-0.15, -0.1) is 0 Å². The Kier molecular flexibility index (Phi) is 3.56. The molecule has 0 aromatic heterocycles. The van der Waals surface area contributed by atoms with Crippen molar-refractivity contribution in [3.05, 3.63) is 35.1 Å². The summed E-state index contributed by atoms with van der Waals surface area (Å²) in [5.74, 6) is -0.0398. The first-order valence-corrected chi connectivity index (χ1v) is 5.86. The van der Waals surface area contributed by atoms with Crippen LogP contribution in [-0.2, 0) is 6.42 Å². The first-order valence-electron chi connectivity index (χ1n) is 5.86. The van der Waals surface area contributed by atoms with Crippen molar-refractivity contribution >= 4 is 0 Å². The Balaban J connectivity index is 2.14. The molecule has 1 atom stereocenters. The van der Waals surface area contributed by atoms with Gasteiger partial charge in [0, 0.05) is 19.1 Å². The summed E-state index contributed by atoms with van der Waals surface area (Å²) < 4.78 is 13.5. The summed E-state index contributed by atoms with van der Waals surface area (Å²) in [6.45, 7) is 1.97. The zero-order valence-electron chi connectivity index (χ0n) is 9.96. The number of rotatable bonds is 4. The highest BCUT2D eigenvalue weighted by Crippen LogP contribution is 2.35. The molecule has 0 spiro atoms. The van der Waals surface area contributed by atoms with Gasteiger partial charge < -0.3 is 5.32 Å². The lowest BCUT2D eigenvalue weighted by molar-refractivity contribution is 0.246. The van der Waals surface area contributed by atoms with Gasteiger partial charge in [-0.3, -0.25) is 4.90 Å². The topological polar surface area (TPSA) is 15.3 Å². The van der Waals surface area contributed by atoms with E-state index in [1.54, 1.807) is 6.07 Å². The second-order valence-electron chi connectivity index (χ2n) is 4.45. The van der Waals surface area contributed by atoms with Gasteiger partial charge in [0.05, 0.1) is 0 Å². The summed E-state index contributed by atoms with van der Waals surface area (Å²) in [5, 5.41) is 3.14. The molecule has 0 aliphatic heterocycles. The molecule has 1 aliphatic rings. The van der Waals surface area contributed by atoms with Crippen molar-refractivity contribution in [2.45, 2.75) is 18.9 Å². The maximum Gasteiger partial charge on any atom is 0.126 e. The van der Waals surface area contributed by atoms with Crippen LogP contribution in [-0.4, -0.2) is 32.1 Å². The van der Waals surface area contributed by atoms with Gasteiger partial charge >= 0.3 is 0 Å². The molecule has 1 unspecified atom stereocenters. The van der Waals surface area contributed by atoms with Crippen LogP contribution >= 0.6 is 0 Å². The van der Waals surface area contributed by atoms with Gasteiger partial charge in [-0.25, -0.2) is 4.39 Å². The van der Waals surface area contributed by atoms with Crippen molar-refractivity contribution in [2.24, 2.45) is 0 Å². The number of hydrogen-bond donors (Lipinski definition) is 1. The van der Waals surface area contributed by atoms with E-state index in [0.717, 1.165) is 31.5 Å². The number of halogens is 1. The van der Waals surface area contributed by atoms with Crippen LogP contribution in [0.4, 0.5) is 4.39 Å². The van der Waals surface area contributed by atoms with Crippen molar-refractivity contribution in [1.82, 2.24) is 10.2 Å². The summed E-state index contributed by atoms with van der Waals surface area (Å²) in [7, 11) is 4.07. The van der Waals surface area contributed by atoms with Gasteiger partial charge in [-0.1, -0.05) is 12.1 Å². The molecule has 88 valence electrons. The number of benzene rings is 1. The molecule has 0 saturated carbocycles. The molecule has 0 amide bonds. The van der Waals surface area contributed by atoms with Crippen LogP contribution < -0.4 is 5.32 Å².